The minimum absolute atomic E-state index is 0.496. The summed E-state index contributed by atoms with van der Waals surface area (Å²) in [6, 6.07) is 4.46. The lowest BCUT2D eigenvalue weighted by Gasteiger charge is -2.41. The first-order chi connectivity index (χ1) is 32.7. The smallest absolute Gasteiger partial charge is 0.0542 e. The van der Waals surface area contributed by atoms with Gasteiger partial charge in [-0.1, -0.05) is 115 Å². The summed E-state index contributed by atoms with van der Waals surface area (Å²) in [6.07, 6.45) is 80.1. The Morgan fingerprint density at radius 2 is 1.06 bits per heavy atom. The molecule has 0 radical (unpaired) electrons. The SMILES string of the molecule is C1=CCCC(N2C3CCC(C4C=CC5C(C4)C4CC(C6C=CC7C(C6)C6CCC=CC6N7C6=CC=CCC6)C=CC4N5C4=CN(C5C=CCCC5)C5CCC=CC45)C=C3C3CCC=CC32)=C1. The average molecular weight is 877 g/mol. The van der Waals surface area contributed by atoms with Crippen molar-refractivity contribution in [2.75, 3.05) is 0 Å². The summed E-state index contributed by atoms with van der Waals surface area (Å²) in [5.41, 5.74) is 6.65. The Kier molecular flexibility index (Phi) is 10.4. The summed E-state index contributed by atoms with van der Waals surface area (Å²) in [5, 5.41) is 0. The summed E-state index contributed by atoms with van der Waals surface area (Å²) >= 11 is 0. The highest BCUT2D eigenvalue weighted by atomic mass is 15.3. The van der Waals surface area contributed by atoms with E-state index in [9.17, 15) is 0 Å². The van der Waals surface area contributed by atoms with Crippen molar-refractivity contribution in [3.05, 3.63) is 156 Å². The van der Waals surface area contributed by atoms with Crippen LogP contribution in [0.4, 0.5) is 0 Å². The molecule has 4 nitrogen and oxygen atoms in total. The van der Waals surface area contributed by atoms with Crippen LogP contribution in [0.15, 0.2) is 156 Å². The van der Waals surface area contributed by atoms with E-state index in [-0.39, 0.29) is 0 Å². The minimum atomic E-state index is 0.496. The quantitative estimate of drug-likeness (QED) is 0.247. The molecule has 0 aromatic carbocycles. The van der Waals surface area contributed by atoms with E-state index in [1.165, 1.54) is 116 Å². The van der Waals surface area contributed by atoms with Gasteiger partial charge < -0.3 is 19.6 Å². The fourth-order valence-corrected chi connectivity index (χ4v) is 17.7. The molecular weight excluding hydrogens is 801 g/mol. The van der Waals surface area contributed by atoms with Crippen molar-refractivity contribution in [2.24, 2.45) is 59.2 Å². The predicted octanol–water partition coefficient (Wildman–Crippen LogP) is 13.1. The maximum absolute atomic E-state index is 3.05. The van der Waals surface area contributed by atoms with Crippen molar-refractivity contribution in [3.8, 4) is 0 Å². The van der Waals surface area contributed by atoms with Gasteiger partial charge in [0.05, 0.1) is 36.3 Å². The van der Waals surface area contributed by atoms with Crippen LogP contribution < -0.4 is 0 Å². The highest BCUT2D eigenvalue weighted by molar-refractivity contribution is 5.38. The number of hydrogen-bond donors (Lipinski definition) is 0. The van der Waals surface area contributed by atoms with Gasteiger partial charge in [-0.05, 0) is 181 Å². The summed E-state index contributed by atoms with van der Waals surface area (Å²) < 4.78 is 0. The maximum atomic E-state index is 3.05. The molecule has 4 heterocycles. The molecule has 0 N–H and O–H groups in total. The highest BCUT2D eigenvalue weighted by Crippen LogP contribution is 2.58. The Morgan fingerprint density at radius 3 is 1.77 bits per heavy atom. The van der Waals surface area contributed by atoms with Crippen molar-refractivity contribution in [2.45, 2.75) is 164 Å². The molecule has 0 aromatic rings. The molecule has 3 saturated heterocycles. The van der Waals surface area contributed by atoms with Crippen molar-refractivity contribution in [1.82, 2.24) is 19.6 Å². The fourth-order valence-electron chi connectivity index (χ4n) is 17.7. The molecule has 18 atom stereocenters. The molecule has 0 saturated carbocycles. The number of rotatable bonds is 6. The first-order valence-electron chi connectivity index (χ1n) is 27.7. The molecule has 18 unspecified atom stereocenters. The number of allylic oxidation sites excluding steroid dienone is 16. The lowest BCUT2D eigenvalue weighted by atomic mass is 9.64. The summed E-state index contributed by atoms with van der Waals surface area (Å²) in [4.78, 5) is 11.7. The number of hydrogen-bond acceptors (Lipinski definition) is 4. The van der Waals surface area contributed by atoms with Crippen LogP contribution in [0, 0.1) is 59.2 Å². The third-order valence-corrected chi connectivity index (χ3v) is 20.5. The molecule has 4 heteroatoms. The molecule has 66 heavy (non-hydrogen) atoms. The zero-order valence-electron chi connectivity index (χ0n) is 39.6. The Bertz CT molecular complexity index is 2320. The number of fused-ring (bicyclic) bond motifs is 10. The second-order valence-corrected chi connectivity index (χ2v) is 23.5. The topological polar surface area (TPSA) is 13.0 Å². The highest BCUT2D eigenvalue weighted by Gasteiger charge is 2.56. The van der Waals surface area contributed by atoms with Crippen LogP contribution in [0.25, 0.3) is 0 Å². The molecule has 14 rings (SSSR count). The van der Waals surface area contributed by atoms with Gasteiger partial charge in [-0.25, -0.2) is 0 Å². The molecule has 3 fully saturated rings. The van der Waals surface area contributed by atoms with Crippen LogP contribution in [0.5, 0.6) is 0 Å². The molecular formula is C62H76N4. The first-order valence-corrected chi connectivity index (χ1v) is 27.7. The van der Waals surface area contributed by atoms with Crippen LogP contribution >= 0.6 is 0 Å². The molecule has 0 aromatic heterocycles. The van der Waals surface area contributed by atoms with E-state index >= 15 is 0 Å². The number of likely N-dealkylation sites (tertiary alicyclic amines) is 3. The zero-order chi connectivity index (χ0) is 43.3. The lowest BCUT2D eigenvalue weighted by Crippen LogP contribution is -2.42. The van der Waals surface area contributed by atoms with E-state index in [4.69, 9.17) is 0 Å². The Balaban J connectivity index is 0.787. The van der Waals surface area contributed by atoms with Crippen molar-refractivity contribution < 1.29 is 0 Å². The molecule has 14 aliphatic rings. The molecule has 4 aliphatic heterocycles. The van der Waals surface area contributed by atoms with E-state index in [1.807, 2.05) is 5.57 Å². The van der Waals surface area contributed by atoms with Gasteiger partial charge in [0.15, 0.2) is 0 Å². The van der Waals surface area contributed by atoms with E-state index < -0.39 is 0 Å². The molecule has 10 aliphatic carbocycles. The van der Waals surface area contributed by atoms with Crippen molar-refractivity contribution >= 4 is 0 Å². The van der Waals surface area contributed by atoms with Crippen LogP contribution in [0.2, 0.25) is 0 Å². The van der Waals surface area contributed by atoms with E-state index in [0.29, 0.717) is 95.7 Å². The molecule has 0 spiro atoms. The van der Waals surface area contributed by atoms with Gasteiger partial charge in [0.25, 0.3) is 0 Å². The van der Waals surface area contributed by atoms with Gasteiger partial charge in [-0.3, -0.25) is 0 Å². The molecule has 0 amide bonds. The third-order valence-electron chi connectivity index (χ3n) is 20.5. The van der Waals surface area contributed by atoms with E-state index in [2.05, 4.69) is 153 Å². The second kappa shape index (κ2) is 16.8. The fraction of sp³-hybridized carbons (Fsp3) is 0.581. The van der Waals surface area contributed by atoms with Gasteiger partial charge in [0.2, 0.25) is 0 Å². The zero-order valence-corrected chi connectivity index (χ0v) is 39.6. The average Bonchev–Trinajstić information content (AvgIpc) is 4.13. The van der Waals surface area contributed by atoms with Gasteiger partial charge in [0, 0.05) is 47.2 Å². The Labute approximate surface area is 397 Å². The van der Waals surface area contributed by atoms with Gasteiger partial charge in [-0.2, -0.15) is 0 Å². The summed E-state index contributed by atoms with van der Waals surface area (Å²) in [7, 11) is 0. The van der Waals surface area contributed by atoms with Crippen LogP contribution in [-0.4, -0.2) is 67.9 Å². The third kappa shape index (κ3) is 6.62. The molecule has 0 bridgehead atoms. The standard InChI is InChI=1S/C62H76N4/c1-4-16-45(17-5-1)63-40-62(50-24-12-13-25-55(50)63)66-60-34-30-43(41-28-32-58-51(36-41)48-22-10-14-26-56(48)64(58)46-18-6-2-7-19-46)38-53(60)54-39-44(31-35-61(54)66)42-29-33-59-52(37-42)49-23-11-15-27-57(49)65(59)47-20-8-3-9-21-47/h2-4,6,8,12,14-16,18,20,24,26-28,30-32,34-35,37,40-45,48-51,53-61H,1,5,7,9-11,13,17,19,21-23,25,29,33,36,38-39H2. The van der Waals surface area contributed by atoms with Gasteiger partial charge >= 0.3 is 0 Å². The van der Waals surface area contributed by atoms with Gasteiger partial charge in [0.1, 0.15) is 0 Å². The monoisotopic (exact) mass is 877 g/mol. The second-order valence-electron chi connectivity index (χ2n) is 23.5. The number of nitrogens with zero attached hydrogens (tertiary/aromatic N) is 4. The normalized spacial score (nSPS) is 45.7. The van der Waals surface area contributed by atoms with Gasteiger partial charge in [-0.15, -0.1) is 0 Å². The van der Waals surface area contributed by atoms with Crippen LogP contribution in [0.3, 0.4) is 0 Å². The summed E-state index contributed by atoms with van der Waals surface area (Å²) in [6.45, 7) is 0. The first kappa shape index (κ1) is 40.8. The minimum Gasteiger partial charge on any atom is -0.366 e. The largest absolute Gasteiger partial charge is 0.366 e. The van der Waals surface area contributed by atoms with E-state index in [0.717, 1.165) is 11.8 Å². The lowest BCUT2D eigenvalue weighted by molar-refractivity contribution is 0.190. The van der Waals surface area contributed by atoms with Crippen molar-refractivity contribution in [1.29, 1.82) is 0 Å². The van der Waals surface area contributed by atoms with Crippen LogP contribution in [-0.2, 0) is 0 Å². The predicted molar refractivity (Wildman–Crippen MR) is 270 cm³/mol. The van der Waals surface area contributed by atoms with Crippen molar-refractivity contribution in [3.63, 3.8) is 0 Å². The Hall–Kier alpha value is -4.18. The van der Waals surface area contributed by atoms with Crippen LogP contribution in [0.1, 0.15) is 116 Å². The van der Waals surface area contributed by atoms with E-state index in [1.54, 1.807) is 17.1 Å². The maximum Gasteiger partial charge on any atom is 0.0542 e. The Morgan fingerprint density at radius 1 is 0.439 bits per heavy atom. The summed E-state index contributed by atoms with van der Waals surface area (Å²) in [5.74, 6) is 6.78. The molecule has 344 valence electrons.